The first kappa shape index (κ1) is 16.5. The fraction of sp³-hybridized carbons (Fsp3) is 0.444. The molecule has 0 aromatic carbocycles. The third kappa shape index (κ3) is 4.83. The van der Waals surface area contributed by atoms with Crippen LogP contribution in [0.1, 0.15) is 24.1 Å². The summed E-state index contributed by atoms with van der Waals surface area (Å²) < 4.78 is 5.80. The zero-order valence-corrected chi connectivity index (χ0v) is 13.7. The predicted octanol–water partition coefficient (Wildman–Crippen LogP) is 1.66. The number of morpholine rings is 1. The van der Waals surface area contributed by atoms with Crippen LogP contribution in [0.4, 0.5) is 0 Å². The van der Waals surface area contributed by atoms with E-state index in [2.05, 4.69) is 15.0 Å². The van der Waals surface area contributed by atoms with Gasteiger partial charge < -0.3 is 9.64 Å². The van der Waals surface area contributed by atoms with Crippen LogP contribution in [-0.2, 0) is 22.4 Å². The summed E-state index contributed by atoms with van der Waals surface area (Å²) in [6, 6.07) is 5.82. The predicted molar refractivity (Wildman–Crippen MR) is 89.2 cm³/mol. The number of amides is 1. The van der Waals surface area contributed by atoms with Gasteiger partial charge in [-0.2, -0.15) is 0 Å². The average molecular weight is 326 g/mol. The molecule has 2 aromatic rings. The van der Waals surface area contributed by atoms with E-state index < -0.39 is 0 Å². The highest BCUT2D eigenvalue weighted by Gasteiger charge is 2.23. The Bertz CT molecular complexity index is 636. The standard InChI is InChI=1S/C18H22N4O2/c23-18(6-3-15-2-1-8-19-12-15)22-10-11-24-17(13-22)5-4-16-7-9-20-14-21-16/h1-2,7-9,12,14,17H,3-6,10-11,13H2/t17-/m1/s1. The van der Waals surface area contributed by atoms with Crippen molar-refractivity contribution in [3.8, 4) is 0 Å². The molecule has 0 spiro atoms. The molecule has 1 amide bonds. The van der Waals surface area contributed by atoms with Gasteiger partial charge in [0.25, 0.3) is 0 Å². The summed E-state index contributed by atoms with van der Waals surface area (Å²) in [5, 5.41) is 0. The van der Waals surface area contributed by atoms with E-state index in [0.29, 0.717) is 26.1 Å². The van der Waals surface area contributed by atoms with E-state index in [1.807, 2.05) is 29.3 Å². The lowest BCUT2D eigenvalue weighted by Crippen LogP contribution is -2.45. The van der Waals surface area contributed by atoms with Crippen LogP contribution in [0.3, 0.4) is 0 Å². The van der Waals surface area contributed by atoms with E-state index in [1.54, 1.807) is 18.7 Å². The van der Waals surface area contributed by atoms with Crippen LogP contribution in [0.15, 0.2) is 43.1 Å². The maximum atomic E-state index is 12.4. The van der Waals surface area contributed by atoms with Crippen LogP contribution in [0.5, 0.6) is 0 Å². The lowest BCUT2D eigenvalue weighted by Gasteiger charge is -2.33. The van der Waals surface area contributed by atoms with Gasteiger partial charge in [-0.05, 0) is 37.0 Å². The fourth-order valence-electron chi connectivity index (χ4n) is 2.85. The largest absolute Gasteiger partial charge is 0.375 e. The van der Waals surface area contributed by atoms with Crippen molar-refractivity contribution in [2.45, 2.75) is 31.8 Å². The van der Waals surface area contributed by atoms with Crippen molar-refractivity contribution in [2.75, 3.05) is 19.7 Å². The minimum Gasteiger partial charge on any atom is -0.375 e. The normalized spacial score (nSPS) is 17.7. The topological polar surface area (TPSA) is 68.2 Å². The van der Waals surface area contributed by atoms with E-state index in [0.717, 1.165) is 30.5 Å². The molecule has 1 saturated heterocycles. The number of carbonyl (C=O) groups is 1. The second-order valence-corrected chi connectivity index (χ2v) is 5.93. The number of nitrogens with zero attached hydrogens (tertiary/aromatic N) is 4. The quantitative estimate of drug-likeness (QED) is 0.807. The lowest BCUT2D eigenvalue weighted by atomic mass is 10.1. The highest BCUT2D eigenvalue weighted by Crippen LogP contribution is 2.13. The number of rotatable bonds is 6. The number of aryl methyl sites for hydroxylation is 2. The molecule has 126 valence electrons. The molecule has 6 heteroatoms. The Hall–Kier alpha value is -2.34. The Morgan fingerprint density at radius 2 is 2.21 bits per heavy atom. The molecule has 0 radical (unpaired) electrons. The van der Waals surface area contributed by atoms with E-state index in [1.165, 1.54) is 0 Å². The summed E-state index contributed by atoms with van der Waals surface area (Å²) >= 11 is 0. The zero-order valence-electron chi connectivity index (χ0n) is 13.7. The van der Waals surface area contributed by atoms with Crippen LogP contribution in [0, 0.1) is 0 Å². The number of ether oxygens (including phenoxy) is 1. The van der Waals surface area contributed by atoms with E-state index in [4.69, 9.17) is 4.74 Å². The second-order valence-electron chi connectivity index (χ2n) is 5.93. The highest BCUT2D eigenvalue weighted by atomic mass is 16.5. The molecule has 3 rings (SSSR count). The van der Waals surface area contributed by atoms with Gasteiger partial charge in [0, 0.05) is 43.8 Å². The lowest BCUT2D eigenvalue weighted by molar-refractivity contribution is -0.138. The maximum Gasteiger partial charge on any atom is 0.223 e. The molecule has 1 aliphatic rings. The molecule has 1 fully saturated rings. The molecule has 2 aromatic heterocycles. The number of hydrogen-bond donors (Lipinski definition) is 0. The summed E-state index contributed by atoms with van der Waals surface area (Å²) in [5.41, 5.74) is 2.10. The van der Waals surface area contributed by atoms with Crippen molar-refractivity contribution in [3.05, 3.63) is 54.4 Å². The SMILES string of the molecule is O=C(CCc1cccnc1)N1CCO[C@H](CCc2ccncn2)C1. The monoisotopic (exact) mass is 326 g/mol. The molecule has 1 aliphatic heterocycles. The molecule has 0 unspecified atom stereocenters. The van der Waals surface area contributed by atoms with Gasteiger partial charge in [0.15, 0.2) is 0 Å². The Labute approximate surface area is 141 Å². The minimum absolute atomic E-state index is 0.0797. The number of hydrogen-bond acceptors (Lipinski definition) is 5. The first-order valence-electron chi connectivity index (χ1n) is 8.34. The van der Waals surface area contributed by atoms with Gasteiger partial charge >= 0.3 is 0 Å². The third-order valence-electron chi connectivity index (χ3n) is 4.21. The summed E-state index contributed by atoms with van der Waals surface area (Å²) in [7, 11) is 0. The van der Waals surface area contributed by atoms with Crippen LogP contribution in [0.2, 0.25) is 0 Å². The molecule has 3 heterocycles. The summed E-state index contributed by atoms with van der Waals surface area (Å²) in [5.74, 6) is 0.189. The van der Waals surface area contributed by atoms with Crippen molar-refractivity contribution in [3.63, 3.8) is 0 Å². The molecule has 0 aliphatic carbocycles. The maximum absolute atomic E-state index is 12.4. The highest BCUT2D eigenvalue weighted by molar-refractivity contribution is 5.76. The van der Waals surface area contributed by atoms with Crippen LogP contribution in [0.25, 0.3) is 0 Å². The third-order valence-corrected chi connectivity index (χ3v) is 4.21. The molecule has 0 saturated carbocycles. The molecular weight excluding hydrogens is 304 g/mol. The first-order chi connectivity index (χ1) is 11.8. The van der Waals surface area contributed by atoms with Crippen molar-refractivity contribution in [1.82, 2.24) is 19.9 Å². The Kier molecular flexibility index (Phi) is 5.85. The number of pyridine rings is 1. The number of aromatic nitrogens is 3. The van der Waals surface area contributed by atoms with Gasteiger partial charge in [-0.25, -0.2) is 9.97 Å². The van der Waals surface area contributed by atoms with E-state index in [-0.39, 0.29) is 12.0 Å². The molecule has 0 bridgehead atoms. The smallest absolute Gasteiger partial charge is 0.223 e. The van der Waals surface area contributed by atoms with Crippen molar-refractivity contribution >= 4 is 5.91 Å². The van der Waals surface area contributed by atoms with Crippen molar-refractivity contribution < 1.29 is 9.53 Å². The number of carbonyl (C=O) groups excluding carboxylic acids is 1. The summed E-state index contributed by atoms with van der Waals surface area (Å²) in [4.78, 5) is 26.6. The summed E-state index contributed by atoms with van der Waals surface area (Å²) in [6.07, 6.45) is 9.90. The van der Waals surface area contributed by atoms with Crippen molar-refractivity contribution in [1.29, 1.82) is 0 Å². The average Bonchev–Trinajstić information content (AvgIpc) is 2.66. The van der Waals surface area contributed by atoms with Gasteiger partial charge in [0.1, 0.15) is 6.33 Å². The van der Waals surface area contributed by atoms with Crippen LogP contribution in [-0.4, -0.2) is 51.6 Å². The second kappa shape index (κ2) is 8.49. The molecular formula is C18H22N4O2. The first-order valence-corrected chi connectivity index (χ1v) is 8.34. The molecule has 0 N–H and O–H groups in total. The molecule has 6 nitrogen and oxygen atoms in total. The van der Waals surface area contributed by atoms with Crippen LogP contribution >= 0.6 is 0 Å². The van der Waals surface area contributed by atoms with E-state index >= 15 is 0 Å². The Morgan fingerprint density at radius 1 is 1.25 bits per heavy atom. The van der Waals surface area contributed by atoms with E-state index in [9.17, 15) is 4.79 Å². The Morgan fingerprint density at radius 3 is 3.00 bits per heavy atom. The zero-order chi connectivity index (χ0) is 16.6. The molecule has 1 atom stereocenters. The Balaban J connectivity index is 1.45. The van der Waals surface area contributed by atoms with Gasteiger partial charge in [-0.1, -0.05) is 6.07 Å². The van der Waals surface area contributed by atoms with Gasteiger partial charge in [-0.3, -0.25) is 9.78 Å². The minimum atomic E-state index is 0.0797. The van der Waals surface area contributed by atoms with Gasteiger partial charge in [-0.15, -0.1) is 0 Å². The van der Waals surface area contributed by atoms with Gasteiger partial charge in [0.2, 0.25) is 5.91 Å². The van der Waals surface area contributed by atoms with Crippen molar-refractivity contribution in [2.24, 2.45) is 0 Å². The molecule has 24 heavy (non-hydrogen) atoms. The fourth-order valence-corrected chi connectivity index (χ4v) is 2.85. The van der Waals surface area contributed by atoms with Crippen LogP contribution < -0.4 is 0 Å². The summed E-state index contributed by atoms with van der Waals surface area (Å²) in [6.45, 7) is 1.94. The van der Waals surface area contributed by atoms with Gasteiger partial charge in [0.05, 0.1) is 12.7 Å².